The summed E-state index contributed by atoms with van der Waals surface area (Å²) in [5.41, 5.74) is 0.356. The first kappa shape index (κ1) is 17.8. The lowest BCUT2D eigenvalue weighted by Gasteiger charge is -2.38. The number of carbonyl (C=O) groups excluding carboxylic acids is 1. The Morgan fingerprint density at radius 3 is 2.24 bits per heavy atom. The summed E-state index contributed by atoms with van der Waals surface area (Å²) >= 11 is 0. The number of nitrogens with zero attached hydrogens (tertiary/aromatic N) is 1. The maximum absolute atomic E-state index is 12.3. The molecule has 1 saturated carbocycles. The lowest BCUT2D eigenvalue weighted by atomic mass is 9.75. The molecule has 0 aromatic rings. The second kappa shape index (κ2) is 7.14. The molecular formula is C16H30N2O3. The summed E-state index contributed by atoms with van der Waals surface area (Å²) in [6.07, 6.45) is 4.62. The van der Waals surface area contributed by atoms with E-state index in [9.17, 15) is 14.7 Å². The predicted molar refractivity (Wildman–Crippen MR) is 83.2 cm³/mol. The number of rotatable bonds is 5. The minimum Gasteiger partial charge on any atom is -0.480 e. The molecule has 0 heterocycles. The van der Waals surface area contributed by atoms with Crippen molar-refractivity contribution in [3.05, 3.63) is 0 Å². The first-order chi connectivity index (χ1) is 9.62. The van der Waals surface area contributed by atoms with E-state index in [4.69, 9.17) is 0 Å². The molecule has 0 bridgehead atoms. The third-order valence-corrected chi connectivity index (χ3v) is 4.48. The van der Waals surface area contributed by atoms with Crippen LogP contribution >= 0.6 is 0 Å². The number of nitrogens with one attached hydrogen (secondary N) is 1. The van der Waals surface area contributed by atoms with Crippen LogP contribution in [0.2, 0.25) is 0 Å². The topological polar surface area (TPSA) is 69.6 Å². The largest absolute Gasteiger partial charge is 0.480 e. The van der Waals surface area contributed by atoms with Crippen LogP contribution in [0.25, 0.3) is 0 Å². The maximum atomic E-state index is 12.3. The summed E-state index contributed by atoms with van der Waals surface area (Å²) < 4.78 is 0. The average Bonchev–Trinajstić information content (AvgIpc) is 2.36. The van der Waals surface area contributed by atoms with Gasteiger partial charge in [0.05, 0.1) is 0 Å². The molecule has 1 unspecified atom stereocenters. The van der Waals surface area contributed by atoms with Crippen molar-refractivity contribution < 1.29 is 14.7 Å². The zero-order chi connectivity index (χ0) is 16.2. The molecule has 5 nitrogen and oxygen atoms in total. The van der Waals surface area contributed by atoms with E-state index in [1.54, 1.807) is 11.9 Å². The van der Waals surface area contributed by atoms with Gasteiger partial charge in [-0.15, -0.1) is 0 Å². The third-order valence-electron chi connectivity index (χ3n) is 4.48. The summed E-state index contributed by atoms with van der Waals surface area (Å²) in [6.45, 7) is 8.42. The zero-order valence-electron chi connectivity index (χ0n) is 14.0. The Morgan fingerprint density at radius 2 is 1.81 bits per heavy atom. The van der Waals surface area contributed by atoms with Gasteiger partial charge in [-0.1, -0.05) is 27.7 Å². The van der Waals surface area contributed by atoms with E-state index in [1.807, 2.05) is 13.8 Å². The van der Waals surface area contributed by atoms with Crippen LogP contribution < -0.4 is 5.32 Å². The van der Waals surface area contributed by atoms with Gasteiger partial charge in [-0.3, -0.25) is 0 Å². The Hall–Kier alpha value is -1.26. The minimum atomic E-state index is -0.963. The molecular weight excluding hydrogens is 268 g/mol. The number of carbonyl (C=O) groups is 2. The summed E-state index contributed by atoms with van der Waals surface area (Å²) in [4.78, 5) is 25.2. The predicted octanol–water partition coefficient (Wildman–Crippen LogP) is 3.10. The van der Waals surface area contributed by atoms with Crippen LogP contribution in [0.5, 0.6) is 0 Å². The van der Waals surface area contributed by atoms with Crippen LogP contribution in [0.1, 0.15) is 59.8 Å². The number of hydrogen-bond donors (Lipinski definition) is 2. The van der Waals surface area contributed by atoms with E-state index in [1.165, 1.54) is 0 Å². The maximum Gasteiger partial charge on any atom is 0.326 e. The van der Waals surface area contributed by atoms with Crippen LogP contribution in [-0.4, -0.2) is 41.1 Å². The Kier molecular flexibility index (Phi) is 6.05. The SMILES string of the molecule is CC(C)CC(NC(=O)N(C)C1CCC(C)(C)CC1)C(=O)O. The van der Waals surface area contributed by atoms with Gasteiger partial charge in [-0.05, 0) is 43.4 Å². The van der Waals surface area contributed by atoms with E-state index in [0.717, 1.165) is 25.7 Å². The first-order valence-electron chi connectivity index (χ1n) is 7.88. The van der Waals surface area contributed by atoms with Crippen LogP contribution in [0, 0.1) is 11.3 Å². The summed E-state index contributed by atoms with van der Waals surface area (Å²) in [7, 11) is 1.77. The van der Waals surface area contributed by atoms with Crippen molar-refractivity contribution in [3.63, 3.8) is 0 Å². The first-order valence-corrected chi connectivity index (χ1v) is 7.88. The molecule has 21 heavy (non-hydrogen) atoms. The van der Waals surface area contributed by atoms with Gasteiger partial charge in [-0.25, -0.2) is 9.59 Å². The molecule has 1 fully saturated rings. The highest BCUT2D eigenvalue weighted by molar-refractivity contribution is 5.82. The van der Waals surface area contributed by atoms with Gasteiger partial charge in [-0.2, -0.15) is 0 Å². The number of urea groups is 1. The average molecular weight is 298 g/mol. The van der Waals surface area contributed by atoms with Gasteiger partial charge in [0.2, 0.25) is 0 Å². The number of hydrogen-bond acceptors (Lipinski definition) is 2. The molecule has 2 amide bonds. The van der Waals surface area contributed by atoms with Crippen LogP contribution in [-0.2, 0) is 4.79 Å². The highest BCUT2D eigenvalue weighted by atomic mass is 16.4. The van der Waals surface area contributed by atoms with E-state index in [-0.39, 0.29) is 18.0 Å². The van der Waals surface area contributed by atoms with Gasteiger partial charge in [0, 0.05) is 13.1 Å². The number of carboxylic acid groups (broad SMARTS) is 1. The molecule has 1 aliphatic carbocycles. The fourth-order valence-electron chi connectivity index (χ4n) is 2.88. The van der Waals surface area contributed by atoms with Crippen molar-refractivity contribution in [2.45, 2.75) is 71.9 Å². The number of aliphatic carboxylic acids is 1. The van der Waals surface area contributed by atoms with Crippen molar-refractivity contribution in [1.29, 1.82) is 0 Å². The van der Waals surface area contributed by atoms with Crippen molar-refractivity contribution in [1.82, 2.24) is 10.2 Å². The molecule has 1 aliphatic rings. The highest BCUT2D eigenvalue weighted by Crippen LogP contribution is 2.36. The van der Waals surface area contributed by atoms with Crippen LogP contribution in [0.4, 0.5) is 4.79 Å². The Labute approximate surface area is 128 Å². The van der Waals surface area contributed by atoms with Gasteiger partial charge in [0.1, 0.15) is 6.04 Å². The monoisotopic (exact) mass is 298 g/mol. The lowest BCUT2D eigenvalue weighted by Crippen LogP contribution is -2.51. The fourth-order valence-corrected chi connectivity index (χ4v) is 2.88. The smallest absolute Gasteiger partial charge is 0.326 e. The van der Waals surface area contributed by atoms with Gasteiger partial charge < -0.3 is 15.3 Å². The van der Waals surface area contributed by atoms with E-state index < -0.39 is 12.0 Å². The third kappa shape index (κ3) is 5.56. The number of carboxylic acids is 1. The van der Waals surface area contributed by atoms with Crippen molar-refractivity contribution >= 4 is 12.0 Å². The second-order valence-corrected chi connectivity index (χ2v) is 7.48. The van der Waals surface area contributed by atoms with E-state index >= 15 is 0 Å². The lowest BCUT2D eigenvalue weighted by molar-refractivity contribution is -0.139. The summed E-state index contributed by atoms with van der Waals surface area (Å²) in [6, 6.07) is -0.862. The minimum absolute atomic E-state index is 0.214. The highest BCUT2D eigenvalue weighted by Gasteiger charge is 2.31. The Bertz CT molecular complexity index is 370. The van der Waals surface area contributed by atoms with Crippen molar-refractivity contribution in [3.8, 4) is 0 Å². The van der Waals surface area contributed by atoms with Crippen molar-refractivity contribution in [2.75, 3.05) is 7.05 Å². The zero-order valence-corrected chi connectivity index (χ0v) is 14.0. The van der Waals surface area contributed by atoms with Gasteiger partial charge >= 0.3 is 12.0 Å². The molecule has 2 N–H and O–H groups in total. The summed E-state index contributed by atoms with van der Waals surface area (Å²) in [5, 5.41) is 11.9. The molecule has 0 aromatic carbocycles. The Balaban J connectivity index is 2.55. The van der Waals surface area contributed by atoms with Crippen molar-refractivity contribution in [2.24, 2.45) is 11.3 Å². The molecule has 1 atom stereocenters. The second-order valence-electron chi connectivity index (χ2n) is 7.48. The standard InChI is InChI=1S/C16H30N2O3/c1-11(2)10-13(14(19)20)17-15(21)18(5)12-6-8-16(3,4)9-7-12/h11-13H,6-10H2,1-5H3,(H,17,21)(H,19,20). The molecule has 122 valence electrons. The molecule has 0 radical (unpaired) electrons. The van der Waals surface area contributed by atoms with Crippen LogP contribution in [0.3, 0.4) is 0 Å². The van der Waals surface area contributed by atoms with E-state index in [2.05, 4.69) is 19.2 Å². The quantitative estimate of drug-likeness (QED) is 0.819. The molecule has 0 saturated heterocycles. The molecule has 0 aliphatic heterocycles. The van der Waals surface area contributed by atoms with Gasteiger partial charge in [0.15, 0.2) is 0 Å². The molecule has 0 spiro atoms. The van der Waals surface area contributed by atoms with Crippen LogP contribution in [0.15, 0.2) is 0 Å². The number of amides is 2. The molecule has 5 heteroatoms. The Morgan fingerprint density at radius 1 is 1.29 bits per heavy atom. The fraction of sp³-hybridized carbons (Fsp3) is 0.875. The molecule has 0 aromatic heterocycles. The van der Waals surface area contributed by atoms with Gasteiger partial charge in [0.25, 0.3) is 0 Å². The van der Waals surface area contributed by atoms with E-state index in [0.29, 0.717) is 11.8 Å². The normalized spacial score (nSPS) is 20.1. The summed E-state index contributed by atoms with van der Waals surface area (Å²) in [5.74, 6) is -0.734. The molecule has 1 rings (SSSR count).